The van der Waals surface area contributed by atoms with Crippen LogP contribution in [-0.4, -0.2) is 11.9 Å². The molecule has 0 bridgehead atoms. The Labute approximate surface area is 92.7 Å². The summed E-state index contributed by atoms with van der Waals surface area (Å²) in [6.45, 7) is 1.93. The predicted molar refractivity (Wildman–Crippen MR) is 60.5 cm³/mol. The van der Waals surface area contributed by atoms with E-state index < -0.39 is 0 Å². The van der Waals surface area contributed by atoms with Crippen molar-refractivity contribution >= 4 is 22.2 Å². The molecule has 1 rings (SSSR count). The molecule has 0 aliphatic rings. The van der Waals surface area contributed by atoms with Crippen LogP contribution in [0.3, 0.4) is 0 Å². The maximum atomic E-state index is 11.5. The molecule has 0 aliphatic heterocycles. The molecule has 80 valence electrons. The third-order valence-corrected chi connectivity index (χ3v) is 2.84. The number of thiophene rings is 1. The third kappa shape index (κ3) is 3.35. The van der Waals surface area contributed by atoms with Gasteiger partial charge in [-0.05, 0) is 17.9 Å². The molecule has 5 heteroatoms. The molecule has 0 aliphatic carbocycles. The van der Waals surface area contributed by atoms with E-state index in [2.05, 4.69) is 5.32 Å². The van der Waals surface area contributed by atoms with Gasteiger partial charge in [0.2, 0.25) is 5.91 Å². The van der Waals surface area contributed by atoms with Crippen molar-refractivity contribution in [1.82, 2.24) is 0 Å². The fourth-order valence-corrected chi connectivity index (χ4v) is 1.81. The molecule has 4 nitrogen and oxygen atoms in total. The summed E-state index contributed by atoms with van der Waals surface area (Å²) in [4.78, 5) is 11.5. The van der Waals surface area contributed by atoms with Crippen LogP contribution in [0.2, 0.25) is 0 Å². The van der Waals surface area contributed by atoms with E-state index in [-0.39, 0.29) is 11.9 Å². The van der Waals surface area contributed by atoms with Crippen molar-refractivity contribution in [3.05, 3.63) is 17.0 Å². The summed E-state index contributed by atoms with van der Waals surface area (Å²) in [7, 11) is 0. The van der Waals surface area contributed by atoms with Crippen LogP contribution >= 0.6 is 11.3 Å². The largest absolute Gasteiger partial charge is 0.327 e. The number of nitrogens with two attached hydrogens (primary N) is 1. The van der Waals surface area contributed by atoms with Crippen molar-refractivity contribution in [3.63, 3.8) is 0 Å². The van der Waals surface area contributed by atoms with Crippen molar-refractivity contribution < 1.29 is 4.79 Å². The van der Waals surface area contributed by atoms with Crippen molar-refractivity contribution in [3.8, 4) is 6.07 Å². The molecule has 0 fully saturated rings. The second-order valence-corrected chi connectivity index (χ2v) is 4.11. The molecule has 1 aromatic heterocycles. The summed E-state index contributed by atoms with van der Waals surface area (Å²) >= 11 is 1.34. The molecule has 3 N–H and O–H groups in total. The lowest BCUT2D eigenvalue weighted by molar-refractivity contribution is -0.116. The summed E-state index contributed by atoms with van der Waals surface area (Å²) in [5.74, 6) is -0.136. The third-order valence-electron chi connectivity index (χ3n) is 2.01. The SMILES string of the molecule is CCC(N)CC(=O)Nc1sccc1C#N. The molecule has 1 amide bonds. The fourth-order valence-electron chi connectivity index (χ4n) is 1.05. The van der Waals surface area contributed by atoms with Gasteiger partial charge in [0.25, 0.3) is 0 Å². The van der Waals surface area contributed by atoms with Crippen molar-refractivity contribution in [2.45, 2.75) is 25.8 Å². The average molecular weight is 223 g/mol. The zero-order chi connectivity index (χ0) is 11.3. The number of nitrogens with one attached hydrogen (secondary N) is 1. The molecule has 0 saturated heterocycles. The van der Waals surface area contributed by atoms with Gasteiger partial charge in [-0.2, -0.15) is 5.26 Å². The summed E-state index contributed by atoms with van der Waals surface area (Å²) in [6.07, 6.45) is 1.06. The lowest BCUT2D eigenvalue weighted by Gasteiger charge is -2.08. The van der Waals surface area contributed by atoms with Crippen LogP contribution in [0.15, 0.2) is 11.4 Å². The molecule has 0 spiro atoms. The molecule has 15 heavy (non-hydrogen) atoms. The molecular weight excluding hydrogens is 210 g/mol. The molecule has 1 aromatic rings. The van der Waals surface area contributed by atoms with Gasteiger partial charge in [0.1, 0.15) is 11.1 Å². The highest BCUT2D eigenvalue weighted by Crippen LogP contribution is 2.22. The maximum absolute atomic E-state index is 11.5. The number of rotatable bonds is 4. The highest BCUT2D eigenvalue weighted by molar-refractivity contribution is 7.14. The molecule has 1 unspecified atom stereocenters. The Kier molecular flexibility index (Phi) is 4.28. The van der Waals surface area contributed by atoms with E-state index in [1.807, 2.05) is 13.0 Å². The fraction of sp³-hybridized carbons (Fsp3) is 0.400. The Balaban J connectivity index is 2.56. The van der Waals surface area contributed by atoms with Gasteiger partial charge < -0.3 is 11.1 Å². The van der Waals surface area contributed by atoms with E-state index in [9.17, 15) is 4.79 Å². The van der Waals surface area contributed by atoms with Gasteiger partial charge >= 0.3 is 0 Å². The van der Waals surface area contributed by atoms with Crippen molar-refractivity contribution in [2.75, 3.05) is 5.32 Å². The predicted octanol–water partition coefficient (Wildman–Crippen LogP) is 1.69. The van der Waals surface area contributed by atoms with Crippen LogP contribution in [0.1, 0.15) is 25.3 Å². The summed E-state index contributed by atoms with van der Waals surface area (Å²) in [5.41, 5.74) is 6.15. The first-order chi connectivity index (χ1) is 7.17. The normalized spacial score (nSPS) is 11.8. The van der Waals surface area contributed by atoms with Gasteiger partial charge in [0, 0.05) is 12.5 Å². The molecule has 0 radical (unpaired) electrons. The smallest absolute Gasteiger partial charge is 0.226 e. The molecule has 1 atom stereocenters. The number of hydrogen-bond acceptors (Lipinski definition) is 4. The lowest BCUT2D eigenvalue weighted by Crippen LogP contribution is -2.26. The Hall–Kier alpha value is -1.38. The molecule has 1 heterocycles. The minimum Gasteiger partial charge on any atom is -0.327 e. The minimum atomic E-state index is -0.136. The van der Waals surface area contributed by atoms with Crippen LogP contribution in [0, 0.1) is 11.3 Å². The van der Waals surface area contributed by atoms with Gasteiger partial charge in [-0.1, -0.05) is 6.92 Å². The second kappa shape index (κ2) is 5.49. The highest BCUT2D eigenvalue weighted by atomic mass is 32.1. The van der Waals surface area contributed by atoms with Crippen LogP contribution in [-0.2, 0) is 4.79 Å². The Morgan fingerprint density at radius 2 is 2.53 bits per heavy atom. The average Bonchev–Trinajstić information content (AvgIpc) is 2.64. The second-order valence-electron chi connectivity index (χ2n) is 3.20. The first kappa shape index (κ1) is 11.7. The summed E-state index contributed by atoms with van der Waals surface area (Å²) in [6, 6.07) is 3.58. The Morgan fingerprint density at radius 3 is 3.13 bits per heavy atom. The van der Waals surface area contributed by atoms with E-state index in [0.717, 1.165) is 6.42 Å². The first-order valence-corrected chi connectivity index (χ1v) is 5.58. The topological polar surface area (TPSA) is 78.9 Å². The van der Waals surface area contributed by atoms with Gasteiger partial charge in [0.15, 0.2) is 0 Å². The number of nitrogens with zero attached hydrogens (tertiary/aromatic N) is 1. The van der Waals surface area contributed by atoms with Gasteiger partial charge in [-0.15, -0.1) is 11.3 Å². The number of carbonyl (C=O) groups is 1. The maximum Gasteiger partial charge on any atom is 0.226 e. The van der Waals surface area contributed by atoms with E-state index in [1.54, 1.807) is 11.4 Å². The Bertz CT molecular complexity index is 380. The number of nitriles is 1. The van der Waals surface area contributed by atoms with E-state index in [0.29, 0.717) is 17.0 Å². The van der Waals surface area contributed by atoms with Gasteiger partial charge in [-0.25, -0.2) is 0 Å². The molecular formula is C10H13N3OS. The summed E-state index contributed by atoms with van der Waals surface area (Å²) < 4.78 is 0. The minimum absolute atomic E-state index is 0.115. The van der Waals surface area contributed by atoms with Crippen LogP contribution < -0.4 is 11.1 Å². The number of hydrogen-bond donors (Lipinski definition) is 2. The highest BCUT2D eigenvalue weighted by Gasteiger charge is 2.10. The van der Waals surface area contributed by atoms with Gasteiger partial charge in [0.05, 0.1) is 5.56 Å². The number of carbonyl (C=O) groups excluding carboxylic acids is 1. The van der Waals surface area contributed by atoms with E-state index in [1.165, 1.54) is 11.3 Å². The van der Waals surface area contributed by atoms with E-state index in [4.69, 9.17) is 11.0 Å². The van der Waals surface area contributed by atoms with Gasteiger partial charge in [-0.3, -0.25) is 4.79 Å². The zero-order valence-corrected chi connectivity index (χ0v) is 9.30. The standard InChI is InChI=1S/C10H13N3OS/c1-2-8(12)5-9(14)13-10-7(6-11)3-4-15-10/h3-4,8H,2,5,12H2,1H3,(H,13,14). The lowest BCUT2D eigenvalue weighted by atomic mass is 10.1. The first-order valence-electron chi connectivity index (χ1n) is 4.70. The summed E-state index contributed by atoms with van der Waals surface area (Å²) in [5, 5.41) is 13.8. The van der Waals surface area contributed by atoms with Crippen LogP contribution in [0.4, 0.5) is 5.00 Å². The monoisotopic (exact) mass is 223 g/mol. The van der Waals surface area contributed by atoms with Crippen LogP contribution in [0.25, 0.3) is 0 Å². The van der Waals surface area contributed by atoms with Crippen molar-refractivity contribution in [1.29, 1.82) is 5.26 Å². The van der Waals surface area contributed by atoms with Crippen LogP contribution in [0.5, 0.6) is 0 Å². The number of anilines is 1. The molecule has 0 aromatic carbocycles. The zero-order valence-electron chi connectivity index (χ0n) is 8.49. The Morgan fingerprint density at radius 1 is 1.80 bits per heavy atom. The quantitative estimate of drug-likeness (QED) is 0.815. The van der Waals surface area contributed by atoms with Crippen molar-refractivity contribution in [2.24, 2.45) is 5.73 Å². The molecule has 0 saturated carbocycles. The van der Waals surface area contributed by atoms with E-state index >= 15 is 0 Å². The number of amides is 1.